The molecule has 0 bridgehead atoms. The van der Waals surface area contributed by atoms with Gasteiger partial charge < -0.3 is 15.5 Å². The van der Waals surface area contributed by atoms with E-state index in [1.165, 1.54) is 11.1 Å². The Hall–Kier alpha value is -4.61. The van der Waals surface area contributed by atoms with Crippen molar-refractivity contribution in [1.82, 2.24) is 10.3 Å². The topological polar surface area (TPSA) is 57.3 Å². The minimum Gasteiger partial charge on any atom is -0.367 e. The molecule has 1 amide bonds. The van der Waals surface area contributed by atoms with Crippen LogP contribution >= 0.6 is 11.6 Å². The molecule has 204 valence electrons. The van der Waals surface area contributed by atoms with E-state index in [2.05, 4.69) is 34.6 Å². The van der Waals surface area contributed by atoms with E-state index in [-0.39, 0.29) is 11.9 Å². The number of rotatable bonds is 7. The number of hydrogen-bond donors (Lipinski definition) is 2. The molecule has 2 heterocycles. The smallest absolute Gasteiger partial charge is 0.252 e. The number of aromatic nitrogens is 1. The Balaban J connectivity index is 1.27. The van der Waals surface area contributed by atoms with E-state index >= 15 is 0 Å². The Morgan fingerprint density at radius 3 is 2.37 bits per heavy atom. The molecule has 5 nitrogen and oxygen atoms in total. The molecule has 0 radical (unpaired) electrons. The van der Waals surface area contributed by atoms with Crippen molar-refractivity contribution >= 4 is 29.0 Å². The molecule has 0 fully saturated rings. The van der Waals surface area contributed by atoms with Gasteiger partial charge in [0.2, 0.25) is 0 Å². The first-order valence-electron chi connectivity index (χ1n) is 13.8. The summed E-state index contributed by atoms with van der Waals surface area (Å²) in [4.78, 5) is 20.7. The fraction of sp³-hybridized carbons (Fsp3) is 0.143. The number of benzene rings is 4. The minimum atomic E-state index is -0.256. The normalized spacial score (nSPS) is 12.5. The van der Waals surface area contributed by atoms with Gasteiger partial charge in [-0.05, 0) is 65.1 Å². The van der Waals surface area contributed by atoms with Crippen LogP contribution in [0.15, 0.2) is 115 Å². The fourth-order valence-electron chi connectivity index (χ4n) is 5.30. The highest BCUT2D eigenvalue weighted by atomic mass is 35.5. The molecule has 0 aliphatic carbocycles. The molecule has 0 saturated heterocycles. The van der Waals surface area contributed by atoms with Gasteiger partial charge in [0.25, 0.3) is 5.91 Å². The predicted molar refractivity (Wildman–Crippen MR) is 168 cm³/mol. The maximum absolute atomic E-state index is 13.6. The largest absolute Gasteiger partial charge is 0.367 e. The van der Waals surface area contributed by atoms with Gasteiger partial charge in [-0.1, -0.05) is 90.5 Å². The van der Waals surface area contributed by atoms with Crippen molar-refractivity contribution in [2.75, 3.05) is 23.3 Å². The van der Waals surface area contributed by atoms with E-state index in [1.807, 2.05) is 103 Å². The summed E-state index contributed by atoms with van der Waals surface area (Å²) in [7, 11) is 0. The molecule has 41 heavy (non-hydrogen) atoms. The molecular weight excluding hydrogens is 528 g/mol. The van der Waals surface area contributed by atoms with Crippen LogP contribution in [0.25, 0.3) is 11.1 Å². The average molecular weight is 559 g/mol. The standard InChI is InChI=1S/C35H31ClN4O/c1-24-15-16-31(36)20-30(24)23-40-18-17-37-34-32(40)21-29(22-38-34)27-13-8-14-28(19-27)35(41)39-33(25-9-4-2-5-10-25)26-11-6-3-7-12-26/h2-16,19-22,33H,17-18,23H2,1H3,(H,37,38)(H,39,41). The van der Waals surface area contributed by atoms with Crippen LogP contribution in [0, 0.1) is 6.92 Å². The van der Waals surface area contributed by atoms with Gasteiger partial charge in [0.05, 0.1) is 11.7 Å². The number of aryl methyl sites for hydroxylation is 1. The SMILES string of the molecule is Cc1ccc(Cl)cc1CN1CCNc2ncc(-c3cccc(C(=O)NC(c4ccccc4)c4ccccc4)c3)cc21. The van der Waals surface area contributed by atoms with Crippen molar-refractivity contribution in [3.8, 4) is 11.1 Å². The van der Waals surface area contributed by atoms with E-state index in [0.717, 1.165) is 58.4 Å². The molecule has 6 heteroatoms. The molecular formula is C35H31ClN4O. The zero-order valence-corrected chi connectivity index (χ0v) is 23.6. The van der Waals surface area contributed by atoms with E-state index < -0.39 is 0 Å². The Morgan fingerprint density at radius 1 is 0.902 bits per heavy atom. The first kappa shape index (κ1) is 26.6. The van der Waals surface area contributed by atoms with Crippen molar-refractivity contribution < 1.29 is 4.79 Å². The molecule has 1 aliphatic heterocycles. The van der Waals surface area contributed by atoms with E-state index in [1.54, 1.807) is 0 Å². The van der Waals surface area contributed by atoms with Gasteiger partial charge in [-0.25, -0.2) is 4.98 Å². The second kappa shape index (κ2) is 11.9. The van der Waals surface area contributed by atoms with Crippen molar-refractivity contribution in [3.05, 3.63) is 148 Å². The maximum atomic E-state index is 13.6. The lowest BCUT2D eigenvalue weighted by molar-refractivity contribution is 0.0943. The summed E-state index contributed by atoms with van der Waals surface area (Å²) in [5.74, 6) is 0.734. The highest BCUT2D eigenvalue weighted by Crippen LogP contribution is 2.34. The molecule has 0 saturated carbocycles. The second-order valence-corrected chi connectivity index (χ2v) is 10.8. The minimum absolute atomic E-state index is 0.129. The lowest BCUT2D eigenvalue weighted by Crippen LogP contribution is -2.34. The fourth-order valence-corrected chi connectivity index (χ4v) is 5.50. The third-order valence-corrected chi connectivity index (χ3v) is 7.79. The Kier molecular flexibility index (Phi) is 7.70. The molecule has 4 aromatic carbocycles. The zero-order chi connectivity index (χ0) is 28.2. The summed E-state index contributed by atoms with van der Waals surface area (Å²) in [5.41, 5.74) is 8.00. The quantitative estimate of drug-likeness (QED) is 0.215. The average Bonchev–Trinajstić information content (AvgIpc) is 3.02. The number of amides is 1. The first-order chi connectivity index (χ1) is 20.0. The van der Waals surface area contributed by atoms with Gasteiger partial charge in [0.1, 0.15) is 5.82 Å². The zero-order valence-electron chi connectivity index (χ0n) is 22.8. The Morgan fingerprint density at radius 2 is 1.63 bits per heavy atom. The molecule has 1 aromatic heterocycles. The second-order valence-electron chi connectivity index (χ2n) is 10.3. The van der Waals surface area contributed by atoms with Crippen LogP contribution in [0.5, 0.6) is 0 Å². The molecule has 0 unspecified atom stereocenters. The lowest BCUT2D eigenvalue weighted by atomic mass is 9.98. The summed E-state index contributed by atoms with van der Waals surface area (Å²) in [6, 6.07) is 35.8. The highest BCUT2D eigenvalue weighted by molar-refractivity contribution is 6.30. The highest BCUT2D eigenvalue weighted by Gasteiger charge is 2.21. The number of nitrogens with one attached hydrogen (secondary N) is 2. The van der Waals surface area contributed by atoms with Gasteiger partial charge >= 0.3 is 0 Å². The molecule has 0 atom stereocenters. The van der Waals surface area contributed by atoms with Gasteiger partial charge in [-0.15, -0.1) is 0 Å². The number of anilines is 2. The Bertz CT molecular complexity index is 1630. The maximum Gasteiger partial charge on any atom is 0.252 e. The van der Waals surface area contributed by atoms with Gasteiger partial charge in [0, 0.05) is 42.0 Å². The predicted octanol–water partition coefficient (Wildman–Crippen LogP) is 7.66. The summed E-state index contributed by atoms with van der Waals surface area (Å²) < 4.78 is 0. The van der Waals surface area contributed by atoms with E-state index in [4.69, 9.17) is 16.6 Å². The van der Waals surface area contributed by atoms with Gasteiger partial charge in [0.15, 0.2) is 0 Å². The van der Waals surface area contributed by atoms with Crippen molar-refractivity contribution in [2.24, 2.45) is 0 Å². The molecule has 1 aliphatic rings. The lowest BCUT2D eigenvalue weighted by Gasteiger charge is -2.32. The third kappa shape index (κ3) is 5.96. The van der Waals surface area contributed by atoms with Crippen molar-refractivity contribution in [1.29, 1.82) is 0 Å². The number of pyridine rings is 1. The number of hydrogen-bond acceptors (Lipinski definition) is 4. The number of carbonyl (C=O) groups is 1. The molecule has 6 rings (SSSR count). The third-order valence-electron chi connectivity index (χ3n) is 7.55. The molecule has 2 N–H and O–H groups in total. The first-order valence-corrected chi connectivity index (χ1v) is 14.2. The van der Waals surface area contributed by atoms with Crippen LogP contribution in [-0.4, -0.2) is 24.0 Å². The number of fused-ring (bicyclic) bond motifs is 1. The Labute approximate surface area is 245 Å². The number of nitrogens with zero attached hydrogens (tertiary/aromatic N) is 2. The van der Waals surface area contributed by atoms with Gasteiger partial charge in [-0.3, -0.25) is 4.79 Å². The van der Waals surface area contributed by atoms with Crippen molar-refractivity contribution in [2.45, 2.75) is 19.5 Å². The van der Waals surface area contributed by atoms with Crippen LogP contribution in [0.3, 0.4) is 0 Å². The van der Waals surface area contributed by atoms with E-state index in [0.29, 0.717) is 5.56 Å². The number of carbonyl (C=O) groups excluding carboxylic acids is 1. The van der Waals surface area contributed by atoms with Crippen molar-refractivity contribution in [3.63, 3.8) is 0 Å². The van der Waals surface area contributed by atoms with Crippen LogP contribution in [0.1, 0.15) is 38.7 Å². The monoisotopic (exact) mass is 558 g/mol. The van der Waals surface area contributed by atoms with E-state index in [9.17, 15) is 4.79 Å². The summed E-state index contributed by atoms with van der Waals surface area (Å²) in [6.45, 7) is 4.53. The van der Waals surface area contributed by atoms with Crippen LogP contribution in [-0.2, 0) is 6.54 Å². The summed E-state index contributed by atoms with van der Waals surface area (Å²) >= 11 is 6.31. The summed E-state index contributed by atoms with van der Waals surface area (Å²) in [6.07, 6.45) is 1.87. The van der Waals surface area contributed by atoms with Crippen LogP contribution in [0.4, 0.5) is 11.5 Å². The number of halogens is 1. The van der Waals surface area contributed by atoms with Crippen LogP contribution in [0.2, 0.25) is 5.02 Å². The molecule has 0 spiro atoms. The van der Waals surface area contributed by atoms with Crippen LogP contribution < -0.4 is 15.5 Å². The molecule has 5 aromatic rings. The summed E-state index contributed by atoms with van der Waals surface area (Å²) in [5, 5.41) is 7.42. The van der Waals surface area contributed by atoms with Gasteiger partial charge in [-0.2, -0.15) is 0 Å².